The van der Waals surface area contributed by atoms with Gasteiger partial charge < -0.3 is 0 Å². The Kier molecular flexibility index (Phi) is 4.13. The van der Waals surface area contributed by atoms with E-state index in [-0.39, 0.29) is 0 Å². The standard InChI is InChI=1S/C15H11Cl2NOS/c16-11-6-7-12-13(8-11)20-15(14(12)17)18-19-9-10-4-2-1-3-5-10/h1-8,18H,9H2. The molecule has 0 aliphatic rings. The summed E-state index contributed by atoms with van der Waals surface area (Å²) >= 11 is 13.8. The van der Waals surface area contributed by atoms with Crippen LogP contribution in [0.4, 0.5) is 5.00 Å². The van der Waals surface area contributed by atoms with Gasteiger partial charge >= 0.3 is 0 Å². The maximum absolute atomic E-state index is 6.32. The number of fused-ring (bicyclic) bond motifs is 1. The van der Waals surface area contributed by atoms with Crippen molar-refractivity contribution in [3.05, 3.63) is 64.1 Å². The van der Waals surface area contributed by atoms with Crippen LogP contribution in [0.2, 0.25) is 10.0 Å². The lowest BCUT2D eigenvalue weighted by Crippen LogP contribution is -1.99. The van der Waals surface area contributed by atoms with E-state index in [0.717, 1.165) is 20.7 Å². The Morgan fingerprint density at radius 2 is 1.85 bits per heavy atom. The molecule has 2 aromatic carbocycles. The highest BCUT2D eigenvalue weighted by Gasteiger charge is 2.10. The third kappa shape index (κ3) is 2.91. The lowest BCUT2D eigenvalue weighted by Gasteiger charge is -2.05. The van der Waals surface area contributed by atoms with Gasteiger partial charge in [-0.25, -0.2) is 0 Å². The molecule has 0 unspecified atom stereocenters. The minimum absolute atomic E-state index is 0.478. The molecule has 3 aromatic rings. The van der Waals surface area contributed by atoms with E-state index in [9.17, 15) is 0 Å². The highest BCUT2D eigenvalue weighted by Crippen LogP contribution is 2.40. The van der Waals surface area contributed by atoms with Crippen LogP contribution in [-0.2, 0) is 11.4 Å². The zero-order valence-corrected chi connectivity index (χ0v) is 12.7. The molecule has 0 fully saturated rings. The van der Waals surface area contributed by atoms with Crippen molar-refractivity contribution in [3.63, 3.8) is 0 Å². The predicted octanol–water partition coefficient (Wildman–Crippen LogP) is 5.75. The number of rotatable bonds is 4. The van der Waals surface area contributed by atoms with Crippen molar-refractivity contribution in [3.8, 4) is 0 Å². The molecule has 0 spiro atoms. The molecule has 102 valence electrons. The third-order valence-corrected chi connectivity index (χ3v) is 4.63. The lowest BCUT2D eigenvalue weighted by molar-refractivity contribution is 0.181. The molecule has 5 heteroatoms. The van der Waals surface area contributed by atoms with Crippen LogP contribution in [-0.4, -0.2) is 0 Å². The fourth-order valence-corrected chi connectivity index (χ4v) is 3.46. The van der Waals surface area contributed by atoms with Gasteiger partial charge in [-0.15, -0.1) is 11.3 Å². The Morgan fingerprint density at radius 3 is 2.65 bits per heavy atom. The van der Waals surface area contributed by atoms with Gasteiger partial charge in [-0.3, -0.25) is 10.3 Å². The summed E-state index contributed by atoms with van der Waals surface area (Å²) in [4.78, 5) is 5.49. The van der Waals surface area contributed by atoms with Crippen LogP contribution < -0.4 is 5.48 Å². The van der Waals surface area contributed by atoms with Crippen molar-refractivity contribution in [2.75, 3.05) is 5.48 Å². The fraction of sp³-hybridized carbons (Fsp3) is 0.0667. The SMILES string of the molecule is Clc1ccc2c(Cl)c(NOCc3ccccc3)sc2c1. The first-order valence-electron chi connectivity index (χ1n) is 6.03. The van der Waals surface area contributed by atoms with Gasteiger partial charge in [-0.1, -0.05) is 59.6 Å². The van der Waals surface area contributed by atoms with Gasteiger partial charge in [0.05, 0.1) is 11.6 Å². The Balaban J connectivity index is 1.73. The van der Waals surface area contributed by atoms with Gasteiger partial charge in [0.1, 0.15) is 5.00 Å². The van der Waals surface area contributed by atoms with E-state index >= 15 is 0 Å². The zero-order chi connectivity index (χ0) is 13.9. The van der Waals surface area contributed by atoms with Gasteiger partial charge in [0.25, 0.3) is 0 Å². The molecule has 0 aliphatic heterocycles. The Hall–Kier alpha value is -1.26. The van der Waals surface area contributed by atoms with E-state index in [4.69, 9.17) is 28.0 Å². The smallest absolute Gasteiger partial charge is 0.133 e. The average Bonchev–Trinajstić information content (AvgIpc) is 2.76. The second-order valence-corrected chi connectivity index (χ2v) is 6.13. The fourth-order valence-electron chi connectivity index (χ4n) is 1.86. The molecule has 0 aliphatic carbocycles. The highest BCUT2D eigenvalue weighted by atomic mass is 35.5. The second kappa shape index (κ2) is 6.02. The van der Waals surface area contributed by atoms with Gasteiger partial charge in [0.15, 0.2) is 0 Å². The van der Waals surface area contributed by atoms with Crippen LogP contribution >= 0.6 is 34.5 Å². The van der Waals surface area contributed by atoms with Crippen LogP contribution in [0.1, 0.15) is 5.56 Å². The van der Waals surface area contributed by atoms with Crippen LogP contribution in [0.15, 0.2) is 48.5 Å². The minimum Gasteiger partial charge on any atom is -0.271 e. The second-order valence-electron chi connectivity index (χ2n) is 4.26. The first-order chi connectivity index (χ1) is 9.74. The van der Waals surface area contributed by atoms with Crippen molar-refractivity contribution in [2.45, 2.75) is 6.61 Å². The zero-order valence-electron chi connectivity index (χ0n) is 10.4. The van der Waals surface area contributed by atoms with E-state index in [1.165, 1.54) is 11.3 Å². The Labute approximate surface area is 130 Å². The first-order valence-corrected chi connectivity index (χ1v) is 7.60. The summed E-state index contributed by atoms with van der Waals surface area (Å²) in [6.45, 7) is 0.478. The summed E-state index contributed by atoms with van der Waals surface area (Å²) in [6, 6.07) is 15.6. The maximum atomic E-state index is 6.32. The minimum atomic E-state index is 0.478. The Bertz CT molecular complexity index is 727. The van der Waals surface area contributed by atoms with Gasteiger partial charge in [-0.2, -0.15) is 0 Å². The third-order valence-electron chi connectivity index (χ3n) is 2.84. The molecule has 0 saturated carbocycles. The van der Waals surface area contributed by atoms with Crippen LogP contribution in [0.3, 0.4) is 0 Å². The molecular weight excluding hydrogens is 313 g/mol. The normalized spacial score (nSPS) is 10.9. The molecule has 2 nitrogen and oxygen atoms in total. The van der Waals surface area contributed by atoms with E-state index < -0.39 is 0 Å². The van der Waals surface area contributed by atoms with Crippen molar-refractivity contribution in [1.82, 2.24) is 0 Å². The number of halogens is 2. The topological polar surface area (TPSA) is 21.3 Å². The summed E-state index contributed by atoms with van der Waals surface area (Å²) in [7, 11) is 0. The molecule has 3 rings (SSSR count). The monoisotopic (exact) mass is 323 g/mol. The van der Waals surface area contributed by atoms with Crippen LogP contribution in [0.25, 0.3) is 10.1 Å². The van der Waals surface area contributed by atoms with Crippen molar-refractivity contribution < 1.29 is 4.84 Å². The maximum Gasteiger partial charge on any atom is 0.133 e. The summed E-state index contributed by atoms with van der Waals surface area (Å²) in [5.74, 6) is 0. The van der Waals surface area contributed by atoms with Crippen LogP contribution in [0.5, 0.6) is 0 Å². The molecule has 0 saturated heterocycles. The quantitative estimate of drug-likeness (QED) is 0.617. The predicted molar refractivity (Wildman–Crippen MR) is 86.7 cm³/mol. The molecule has 1 heterocycles. The largest absolute Gasteiger partial charge is 0.271 e. The first kappa shape index (κ1) is 13.7. The number of hydrogen-bond donors (Lipinski definition) is 1. The van der Waals surface area contributed by atoms with E-state index in [1.807, 2.05) is 48.5 Å². The highest BCUT2D eigenvalue weighted by molar-refractivity contribution is 7.23. The lowest BCUT2D eigenvalue weighted by atomic mass is 10.2. The average molecular weight is 324 g/mol. The van der Waals surface area contributed by atoms with E-state index in [1.54, 1.807) is 0 Å². The molecule has 1 N–H and O–H groups in total. The molecule has 0 atom stereocenters. The van der Waals surface area contributed by atoms with Crippen molar-refractivity contribution >= 4 is 49.6 Å². The van der Waals surface area contributed by atoms with Crippen molar-refractivity contribution in [2.24, 2.45) is 0 Å². The summed E-state index contributed by atoms with van der Waals surface area (Å²) < 4.78 is 1.04. The van der Waals surface area contributed by atoms with Gasteiger partial charge in [-0.05, 0) is 17.7 Å². The Morgan fingerprint density at radius 1 is 1.05 bits per heavy atom. The molecule has 0 bridgehead atoms. The number of hydrogen-bond acceptors (Lipinski definition) is 3. The number of benzene rings is 2. The molecular formula is C15H11Cl2NOS. The summed E-state index contributed by atoms with van der Waals surface area (Å²) in [5, 5.41) is 3.13. The van der Waals surface area contributed by atoms with Gasteiger partial charge in [0.2, 0.25) is 0 Å². The van der Waals surface area contributed by atoms with Crippen LogP contribution in [0, 0.1) is 0 Å². The van der Waals surface area contributed by atoms with E-state index in [0.29, 0.717) is 16.7 Å². The van der Waals surface area contributed by atoms with E-state index in [2.05, 4.69) is 5.48 Å². The summed E-state index contributed by atoms with van der Waals surface area (Å²) in [6.07, 6.45) is 0. The number of anilines is 1. The molecule has 0 radical (unpaired) electrons. The molecule has 20 heavy (non-hydrogen) atoms. The molecule has 0 amide bonds. The number of nitrogens with one attached hydrogen (secondary N) is 1. The summed E-state index contributed by atoms with van der Waals surface area (Å²) in [5.41, 5.74) is 4.01. The van der Waals surface area contributed by atoms with Gasteiger partial charge in [0, 0.05) is 15.1 Å². The van der Waals surface area contributed by atoms with Crippen molar-refractivity contribution in [1.29, 1.82) is 0 Å². The molecule has 1 aromatic heterocycles. The number of thiophene rings is 1.